The number of halogens is 2. The van der Waals surface area contributed by atoms with Gasteiger partial charge in [-0.3, -0.25) is 0 Å². The third-order valence-electron chi connectivity index (χ3n) is 3.21. The van der Waals surface area contributed by atoms with E-state index in [1.165, 1.54) is 12.1 Å². The van der Waals surface area contributed by atoms with E-state index in [-0.39, 0.29) is 5.82 Å². The predicted molar refractivity (Wildman–Crippen MR) is 84.2 cm³/mol. The number of hydrogen-bond donors (Lipinski definition) is 2. The molecule has 0 aliphatic carbocycles. The Morgan fingerprint density at radius 3 is 2.62 bits per heavy atom. The van der Waals surface area contributed by atoms with Gasteiger partial charge in [-0.25, -0.2) is 4.39 Å². The van der Waals surface area contributed by atoms with Gasteiger partial charge in [0.1, 0.15) is 11.6 Å². The Bertz CT molecular complexity index is 602. The van der Waals surface area contributed by atoms with E-state index in [2.05, 4.69) is 5.32 Å². The lowest BCUT2D eigenvalue weighted by molar-refractivity contribution is 0.416. The number of nitrogens with two attached hydrogens (primary N) is 1. The summed E-state index contributed by atoms with van der Waals surface area (Å²) in [4.78, 5) is 0. The number of nitrogens with one attached hydrogen (secondary N) is 1. The fourth-order valence-corrected chi connectivity index (χ4v) is 2.30. The van der Waals surface area contributed by atoms with Gasteiger partial charge in [0, 0.05) is 11.6 Å². The maximum atomic E-state index is 12.8. The van der Waals surface area contributed by atoms with Crippen LogP contribution in [0.25, 0.3) is 0 Å². The molecule has 0 bridgehead atoms. The molecule has 0 radical (unpaired) electrons. The summed E-state index contributed by atoms with van der Waals surface area (Å²) in [6.07, 6.45) is 0.761. The van der Waals surface area contributed by atoms with E-state index in [1.807, 2.05) is 6.07 Å². The maximum absolute atomic E-state index is 12.8. The highest BCUT2D eigenvalue weighted by atomic mass is 35.5. The van der Waals surface area contributed by atoms with Crippen molar-refractivity contribution in [2.75, 3.05) is 19.4 Å². The molecule has 21 heavy (non-hydrogen) atoms. The standard InChI is InChI=1S/C16H18ClFN2O/c1-21-16-8-12(14(17)9-15(16)19)6-7-20-10-11-2-4-13(18)5-3-11/h2-5,8-9,20H,6-7,10,19H2,1H3. The van der Waals surface area contributed by atoms with Crippen molar-refractivity contribution in [2.24, 2.45) is 0 Å². The van der Waals surface area contributed by atoms with Gasteiger partial charge in [-0.05, 0) is 48.4 Å². The lowest BCUT2D eigenvalue weighted by atomic mass is 10.1. The quantitative estimate of drug-likeness (QED) is 0.635. The van der Waals surface area contributed by atoms with Gasteiger partial charge in [-0.15, -0.1) is 0 Å². The molecule has 0 aliphatic heterocycles. The molecule has 2 aromatic carbocycles. The summed E-state index contributed by atoms with van der Waals surface area (Å²) in [5, 5.41) is 3.93. The second-order valence-electron chi connectivity index (χ2n) is 4.74. The van der Waals surface area contributed by atoms with Gasteiger partial charge in [0.15, 0.2) is 0 Å². The predicted octanol–water partition coefficient (Wildman–Crippen LogP) is 3.40. The molecule has 5 heteroatoms. The average Bonchev–Trinajstić information content (AvgIpc) is 2.47. The van der Waals surface area contributed by atoms with Crippen LogP contribution in [-0.4, -0.2) is 13.7 Å². The summed E-state index contributed by atoms with van der Waals surface area (Å²) < 4.78 is 18.0. The van der Waals surface area contributed by atoms with Gasteiger partial charge in [-0.2, -0.15) is 0 Å². The van der Waals surface area contributed by atoms with Crippen molar-refractivity contribution in [2.45, 2.75) is 13.0 Å². The van der Waals surface area contributed by atoms with E-state index in [1.54, 1.807) is 25.3 Å². The molecule has 0 atom stereocenters. The SMILES string of the molecule is COc1cc(CCNCc2ccc(F)cc2)c(Cl)cc1N. The maximum Gasteiger partial charge on any atom is 0.142 e. The van der Waals surface area contributed by atoms with E-state index in [4.69, 9.17) is 22.1 Å². The Labute approximate surface area is 128 Å². The highest BCUT2D eigenvalue weighted by Gasteiger charge is 2.06. The molecule has 112 valence electrons. The van der Waals surface area contributed by atoms with Crippen molar-refractivity contribution in [1.29, 1.82) is 0 Å². The number of ether oxygens (including phenoxy) is 1. The minimum Gasteiger partial charge on any atom is -0.495 e. The number of hydrogen-bond acceptors (Lipinski definition) is 3. The van der Waals surface area contributed by atoms with Crippen LogP contribution in [0.1, 0.15) is 11.1 Å². The summed E-state index contributed by atoms with van der Waals surface area (Å²) in [5.74, 6) is 0.410. The van der Waals surface area contributed by atoms with Crippen LogP contribution in [0.2, 0.25) is 5.02 Å². The highest BCUT2D eigenvalue weighted by Crippen LogP contribution is 2.29. The molecule has 0 spiro atoms. The van der Waals surface area contributed by atoms with Crippen molar-refractivity contribution in [1.82, 2.24) is 5.32 Å². The zero-order valence-corrected chi connectivity index (χ0v) is 12.6. The monoisotopic (exact) mass is 308 g/mol. The van der Waals surface area contributed by atoms with Crippen LogP contribution in [0.5, 0.6) is 5.75 Å². The van der Waals surface area contributed by atoms with Gasteiger partial charge >= 0.3 is 0 Å². The van der Waals surface area contributed by atoms with Crippen LogP contribution in [0, 0.1) is 5.82 Å². The average molecular weight is 309 g/mol. The van der Waals surface area contributed by atoms with Crippen LogP contribution in [0.15, 0.2) is 36.4 Å². The van der Waals surface area contributed by atoms with E-state index in [0.29, 0.717) is 23.0 Å². The number of nitrogen functional groups attached to an aromatic ring is 1. The lowest BCUT2D eigenvalue weighted by Crippen LogP contribution is -2.16. The number of rotatable bonds is 6. The Morgan fingerprint density at radius 2 is 1.95 bits per heavy atom. The van der Waals surface area contributed by atoms with Gasteiger partial charge < -0.3 is 15.8 Å². The lowest BCUT2D eigenvalue weighted by Gasteiger charge is -2.10. The first kappa shape index (κ1) is 15.6. The topological polar surface area (TPSA) is 47.3 Å². The minimum absolute atomic E-state index is 0.223. The van der Waals surface area contributed by atoms with Crippen molar-refractivity contribution < 1.29 is 9.13 Å². The van der Waals surface area contributed by atoms with E-state index < -0.39 is 0 Å². The number of methoxy groups -OCH3 is 1. The molecule has 0 saturated carbocycles. The van der Waals surface area contributed by atoms with E-state index in [0.717, 1.165) is 24.1 Å². The number of anilines is 1. The zero-order chi connectivity index (χ0) is 15.2. The van der Waals surface area contributed by atoms with Gasteiger partial charge in [0.25, 0.3) is 0 Å². The Balaban J connectivity index is 1.87. The molecule has 0 aliphatic rings. The van der Waals surface area contributed by atoms with Crippen LogP contribution in [0.4, 0.5) is 10.1 Å². The number of benzene rings is 2. The summed E-state index contributed by atoms with van der Waals surface area (Å²) >= 11 is 6.17. The largest absolute Gasteiger partial charge is 0.495 e. The van der Waals surface area contributed by atoms with E-state index >= 15 is 0 Å². The molecule has 2 rings (SSSR count). The first-order chi connectivity index (χ1) is 10.1. The molecular weight excluding hydrogens is 291 g/mol. The summed E-state index contributed by atoms with van der Waals surface area (Å²) in [6, 6.07) is 10.0. The second-order valence-corrected chi connectivity index (χ2v) is 5.15. The zero-order valence-electron chi connectivity index (χ0n) is 11.8. The van der Waals surface area contributed by atoms with Gasteiger partial charge in [0.05, 0.1) is 12.8 Å². The van der Waals surface area contributed by atoms with Crippen LogP contribution < -0.4 is 15.8 Å². The summed E-state index contributed by atoms with van der Waals surface area (Å²) in [5.41, 5.74) is 8.34. The van der Waals surface area contributed by atoms with Gasteiger partial charge in [-0.1, -0.05) is 23.7 Å². The minimum atomic E-state index is -0.223. The van der Waals surface area contributed by atoms with Crippen LogP contribution in [-0.2, 0) is 13.0 Å². The van der Waals surface area contributed by atoms with Crippen LogP contribution >= 0.6 is 11.6 Å². The molecule has 3 nitrogen and oxygen atoms in total. The smallest absolute Gasteiger partial charge is 0.142 e. The van der Waals surface area contributed by atoms with Crippen molar-refractivity contribution in [3.8, 4) is 5.75 Å². The fourth-order valence-electron chi connectivity index (χ4n) is 2.04. The second kappa shape index (κ2) is 7.29. The Kier molecular flexibility index (Phi) is 5.42. The molecule has 3 N–H and O–H groups in total. The van der Waals surface area contributed by atoms with Crippen molar-refractivity contribution in [3.63, 3.8) is 0 Å². The molecule has 0 saturated heterocycles. The van der Waals surface area contributed by atoms with Gasteiger partial charge in [0.2, 0.25) is 0 Å². The van der Waals surface area contributed by atoms with Crippen molar-refractivity contribution in [3.05, 3.63) is 58.4 Å². The van der Waals surface area contributed by atoms with Crippen LogP contribution in [0.3, 0.4) is 0 Å². The molecule has 2 aromatic rings. The molecule has 0 amide bonds. The highest BCUT2D eigenvalue weighted by molar-refractivity contribution is 6.31. The third kappa shape index (κ3) is 4.34. The molecule has 0 fully saturated rings. The Morgan fingerprint density at radius 1 is 1.24 bits per heavy atom. The van der Waals surface area contributed by atoms with Crippen molar-refractivity contribution >= 4 is 17.3 Å². The molecule has 0 unspecified atom stereocenters. The third-order valence-corrected chi connectivity index (χ3v) is 3.56. The molecular formula is C16H18ClFN2O. The molecule has 0 heterocycles. The fraction of sp³-hybridized carbons (Fsp3) is 0.250. The summed E-state index contributed by atoms with van der Waals surface area (Å²) in [7, 11) is 1.58. The van der Waals surface area contributed by atoms with E-state index in [9.17, 15) is 4.39 Å². The normalized spacial score (nSPS) is 10.6. The first-order valence-corrected chi connectivity index (χ1v) is 7.05. The first-order valence-electron chi connectivity index (χ1n) is 6.67. The Hall–Kier alpha value is -1.78. The summed E-state index contributed by atoms with van der Waals surface area (Å²) in [6.45, 7) is 1.44. The molecule has 0 aromatic heterocycles.